The third-order valence-electron chi connectivity index (χ3n) is 5.91. The van der Waals surface area contributed by atoms with Crippen LogP contribution in [0.2, 0.25) is 5.02 Å². The molecule has 1 heterocycles. The Morgan fingerprint density at radius 3 is 2.24 bits per heavy atom. The van der Waals surface area contributed by atoms with Crippen LogP contribution < -0.4 is 20.1 Å². The van der Waals surface area contributed by atoms with Crippen molar-refractivity contribution in [2.24, 2.45) is 0 Å². The summed E-state index contributed by atoms with van der Waals surface area (Å²) in [7, 11) is 2.84. The average molecular weight is 521 g/mol. The molecule has 1 aliphatic rings. The van der Waals surface area contributed by atoms with Gasteiger partial charge in [-0.15, -0.1) is 0 Å². The second-order valence-corrected chi connectivity index (χ2v) is 8.73. The molecule has 2 amide bonds. The minimum Gasteiger partial charge on any atom is -0.493 e. The van der Waals surface area contributed by atoms with E-state index in [0.717, 1.165) is 5.56 Å². The lowest BCUT2D eigenvalue weighted by Crippen LogP contribution is -2.45. The van der Waals surface area contributed by atoms with Crippen molar-refractivity contribution in [3.63, 3.8) is 0 Å². The zero-order valence-electron chi connectivity index (χ0n) is 20.5. The number of urea groups is 1. The first-order chi connectivity index (χ1) is 17.8. The van der Waals surface area contributed by atoms with E-state index >= 15 is 0 Å². The van der Waals surface area contributed by atoms with Crippen LogP contribution in [0.3, 0.4) is 0 Å². The number of rotatable bonds is 8. The minimum atomic E-state index is -0.703. The Balaban J connectivity index is 1.58. The molecular formula is C28H25ClN2O6. The molecule has 37 heavy (non-hydrogen) atoms. The number of esters is 1. The van der Waals surface area contributed by atoms with Crippen LogP contribution in [-0.4, -0.2) is 32.0 Å². The van der Waals surface area contributed by atoms with E-state index in [1.807, 2.05) is 0 Å². The van der Waals surface area contributed by atoms with Crippen LogP contribution >= 0.6 is 11.6 Å². The number of carbonyl (C=O) groups is 3. The predicted octanol–water partition coefficient (Wildman–Crippen LogP) is 5.23. The third kappa shape index (κ3) is 5.76. The number of amides is 2. The maximum absolute atomic E-state index is 13.4. The van der Waals surface area contributed by atoms with E-state index in [2.05, 4.69) is 10.6 Å². The lowest BCUT2D eigenvalue weighted by Gasteiger charge is -2.29. The molecule has 0 radical (unpaired) electrons. The SMILES string of the molecule is COC(=O)c1ccc(COc2ccc(C3NC(=O)NC(C)=C3C(=O)c3ccc(Cl)cc3)cc2OC)cc1. The van der Waals surface area contributed by atoms with Gasteiger partial charge in [0.25, 0.3) is 0 Å². The van der Waals surface area contributed by atoms with Gasteiger partial charge in [0.2, 0.25) is 0 Å². The third-order valence-corrected chi connectivity index (χ3v) is 6.16. The maximum Gasteiger partial charge on any atom is 0.337 e. The van der Waals surface area contributed by atoms with Gasteiger partial charge in [-0.1, -0.05) is 29.8 Å². The smallest absolute Gasteiger partial charge is 0.337 e. The summed E-state index contributed by atoms with van der Waals surface area (Å²) in [5, 5.41) is 6.04. The fourth-order valence-electron chi connectivity index (χ4n) is 4.00. The highest BCUT2D eigenvalue weighted by atomic mass is 35.5. The van der Waals surface area contributed by atoms with Crippen molar-refractivity contribution in [3.8, 4) is 11.5 Å². The van der Waals surface area contributed by atoms with Crippen molar-refractivity contribution in [1.29, 1.82) is 0 Å². The molecule has 1 aliphatic heterocycles. The number of Topliss-reactive ketones (excluding diaryl/α,β-unsaturated/α-hetero) is 1. The Kier molecular flexibility index (Phi) is 7.79. The van der Waals surface area contributed by atoms with Crippen LogP contribution in [0.25, 0.3) is 0 Å². The molecule has 2 N–H and O–H groups in total. The number of carbonyl (C=O) groups excluding carboxylic acids is 3. The lowest BCUT2D eigenvalue weighted by atomic mass is 9.89. The first kappa shape index (κ1) is 25.8. The van der Waals surface area contributed by atoms with E-state index in [1.54, 1.807) is 73.7 Å². The van der Waals surface area contributed by atoms with Gasteiger partial charge in [-0.05, 0) is 66.6 Å². The summed E-state index contributed by atoms with van der Waals surface area (Å²) in [4.78, 5) is 37.3. The highest BCUT2D eigenvalue weighted by Crippen LogP contribution is 2.35. The zero-order valence-corrected chi connectivity index (χ0v) is 21.2. The van der Waals surface area contributed by atoms with Gasteiger partial charge in [-0.25, -0.2) is 9.59 Å². The zero-order chi connectivity index (χ0) is 26.5. The van der Waals surface area contributed by atoms with Crippen molar-refractivity contribution < 1.29 is 28.6 Å². The highest BCUT2D eigenvalue weighted by molar-refractivity contribution is 6.30. The molecule has 0 saturated carbocycles. The molecule has 0 bridgehead atoms. The summed E-state index contributed by atoms with van der Waals surface area (Å²) in [5.41, 5.74) is 3.26. The first-order valence-electron chi connectivity index (χ1n) is 11.4. The van der Waals surface area contributed by atoms with Gasteiger partial charge in [0, 0.05) is 21.9 Å². The molecule has 0 spiro atoms. The number of methoxy groups -OCH3 is 2. The Morgan fingerprint density at radius 2 is 1.59 bits per heavy atom. The van der Waals surface area contributed by atoms with Crippen LogP contribution in [0, 0.1) is 0 Å². The van der Waals surface area contributed by atoms with Gasteiger partial charge in [0.05, 0.1) is 25.8 Å². The summed E-state index contributed by atoms with van der Waals surface area (Å²) in [5.74, 6) is 0.275. The predicted molar refractivity (Wildman–Crippen MR) is 138 cm³/mol. The monoisotopic (exact) mass is 520 g/mol. The van der Waals surface area contributed by atoms with Gasteiger partial charge >= 0.3 is 12.0 Å². The molecule has 4 rings (SSSR count). The van der Waals surface area contributed by atoms with Gasteiger partial charge in [0.1, 0.15) is 6.61 Å². The van der Waals surface area contributed by atoms with Crippen molar-refractivity contribution in [2.45, 2.75) is 19.6 Å². The Hall–Kier alpha value is -4.30. The topological polar surface area (TPSA) is 103 Å². The molecule has 8 nitrogen and oxygen atoms in total. The van der Waals surface area contributed by atoms with Gasteiger partial charge in [-0.2, -0.15) is 0 Å². The van der Waals surface area contributed by atoms with E-state index in [4.69, 9.17) is 25.8 Å². The van der Waals surface area contributed by atoms with Crippen LogP contribution in [0.1, 0.15) is 44.8 Å². The second-order valence-electron chi connectivity index (χ2n) is 8.29. The molecule has 3 aromatic carbocycles. The van der Waals surface area contributed by atoms with Crippen LogP contribution in [0.15, 0.2) is 78.0 Å². The Bertz CT molecular complexity index is 1370. The molecule has 190 valence electrons. The van der Waals surface area contributed by atoms with Crippen molar-refractivity contribution in [2.75, 3.05) is 14.2 Å². The summed E-state index contributed by atoms with van der Waals surface area (Å²) in [6.07, 6.45) is 0. The number of hydrogen-bond acceptors (Lipinski definition) is 6. The summed E-state index contributed by atoms with van der Waals surface area (Å²) in [6, 6.07) is 17.6. The number of nitrogens with one attached hydrogen (secondary N) is 2. The van der Waals surface area contributed by atoms with E-state index in [1.165, 1.54) is 14.2 Å². The van der Waals surface area contributed by atoms with E-state index in [9.17, 15) is 14.4 Å². The van der Waals surface area contributed by atoms with E-state index in [-0.39, 0.29) is 12.4 Å². The first-order valence-corrected chi connectivity index (χ1v) is 11.7. The quantitative estimate of drug-likeness (QED) is 0.311. The molecule has 1 atom stereocenters. The summed E-state index contributed by atoms with van der Waals surface area (Å²) in [6.45, 7) is 1.93. The minimum absolute atomic E-state index is 0.235. The molecule has 0 saturated heterocycles. The molecule has 9 heteroatoms. The molecule has 1 unspecified atom stereocenters. The average Bonchev–Trinajstić information content (AvgIpc) is 2.91. The fourth-order valence-corrected chi connectivity index (χ4v) is 4.13. The van der Waals surface area contributed by atoms with Gasteiger partial charge < -0.3 is 24.8 Å². The number of benzene rings is 3. The van der Waals surface area contributed by atoms with Crippen LogP contribution in [0.5, 0.6) is 11.5 Å². The number of halogens is 1. The van der Waals surface area contributed by atoms with Crippen molar-refractivity contribution in [1.82, 2.24) is 10.6 Å². The number of ketones is 1. The molecular weight excluding hydrogens is 496 g/mol. The molecule has 0 aliphatic carbocycles. The standard InChI is InChI=1S/C28H25ClN2O6/c1-16-24(26(32)18-8-11-21(29)12-9-18)25(31-28(34)30-16)20-10-13-22(23(14-20)35-2)37-15-17-4-6-19(7-5-17)27(33)36-3/h4-14,25H,15H2,1-3H3,(H2,30,31,34). The van der Waals surface area contributed by atoms with E-state index < -0.39 is 18.0 Å². The number of hydrogen-bond donors (Lipinski definition) is 2. The number of allylic oxidation sites excluding steroid dienone is 1. The Morgan fingerprint density at radius 1 is 0.919 bits per heavy atom. The van der Waals surface area contributed by atoms with Crippen molar-refractivity contribution >= 4 is 29.4 Å². The summed E-state index contributed by atoms with van der Waals surface area (Å²) >= 11 is 5.98. The Labute approximate surface area is 219 Å². The fraction of sp³-hybridized carbons (Fsp3) is 0.179. The largest absolute Gasteiger partial charge is 0.493 e. The molecule has 3 aromatic rings. The van der Waals surface area contributed by atoms with Gasteiger partial charge in [0.15, 0.2) is 17.3 Å². The van der Waals surface area contributed by atoms with E-state index in [0.29, 0.717) is 44.5 Å². The van der Waals surface area contributed by atoms with Crippen LogP contribution in [-0.2, 0) is 11.3 Å². The normalized spacial score (nSPS) is 14.9. The van der Waals surface area contributed by atoms with Gasteiger partial charge in [-0.3, -0.25) is 4.79 Å². The van der Waals surface area contributed by atoms with Crippen LogP contribution in [0.4, 0.5) is 4.79 Å². The highest BCUT2D eigenvalue weighted by Gasteiger charge is 2.32. The maximum atomic E-state index is 13.4. The molecule has 0 fully saturated rings. The molecule has 0 aromatic heterocycles. The van der Waals surface area contributed by atoms with Crippen molar-refractivity contribution in [3.05, 3.63) is 105 Å². The number of ether oxygens (including phenoxy) is 3. The second kappa shape index (κ2) is 11.2. The summed E-state index contributed by atoms with van der Waals surface area (Å²) < 4.78 is 16.2. The lowest BCUT2D eigenvalue weighted by molar-refractivity contribution is 0.0600.